The fourth-order valence-corrected chi connectivity index (χ4v) is 2.38. The van der Waals surface area contributed by atoms with Gasteiger partial charge in [0.1, 0.15) is 12.1 Å². The molecule has 1 aliphatic heterocycles. The van der Waals surface area contributed by atoms with Crippen LogP contribution in [0.3, 0.4) is 0 Å². The number of benzene rings is 1. The molecule has 2 N–H and O–H groups in total. The third-order valence-corrected chi connectivity index (χ3v) is 4.05. The molecule has 2 rings (SSSR count). The number of fused-ring (bicyclic) bond motifs is 1. The second kappa shape index (κ2) is 8.45. The van der Waals surface area contributed by atoms with Crippen molar-refractivity contribution >= 4 is 17.6 Å². The third-order valence-electron chi connectivity index (χ3n) is 4.05. The van der Waals surface area contributed by atoms with Crippen LogP contribution in [0.2, 0.25) is 0 Å². The number of carbonyl (C=O) groups excluding carboxylic acids is 3. The largest absolute Gasteiger partial charge is 0.385 e. The van der Waals surface area contributed by atoms with E-state index in [2.05, 4.69) is 0 Å². The molecule has 26 heavy (non-hydrogen) atoms. The molecule has 6 nitrogen and oxygen atoms in total. The molecule has 0 saturated carbocycles. The summed E-state index contributed by atoms with van der Waals surface area (Å²) in [5.41, 5.74) is -0.989. The Bertz CT molecular complexity index is 1050. The van der Waals surface area contributed by atoms with E-state index in [0.29, 0.717) is 4.90 Å². The third kappa shape index (κ3) is 4.49. The molecule has 0 aliphatic carbocycles. The molecule has 142 valence electrons. The maximum Gasteiger partial charge on any atom is 0.249 e. The van der Waals surface area contributed by atoms with Gasteiger partial charge in [0.05, 0.1) is 6.85 Å². The van der Waals surface area contributed by atoms with Gasteiger partial charge >= 0.3 is 0 Å². The van der Waals surface area contributed by atoms with Crippen molar-refractivity contribution in [1.29, 1.82) is 0 Å². The van der Waals surface area contributed by atoms with Gasteiger partial charge in [-0.1, -0.05) is 44.9 Å². The van der Waals surface area contributed by atoms with Crippen molar-refractivity contribution < 1.29 is 30.5 Å². The van der Waals surface area contributed by atoms with E-state index < -0.39 is 90.6 Å². The van der Waals surface area contributed by atoms with Crippen LogP contribution in [-0.4, -0.2) is 47.3 Å². The van der Waals surface area contributed by atoms with E-state index >= 15 is 0 Å². The number of rotatable bonds is 6. The van der Waals surface area contributed by atoms with Crippen molar-refractivity contribution in [3.05, 3.63) is 35.3 Å². The number of hydrogen-bond acceptors (Lipinski definition) is 4. The summed E-state index contributed by atoms with van der Waals surface area (Å²) in [5.74, 6) is -6.13. The van der Waals surface area contributed by atoms with Gasteiger partial charge in [-0.25, -0.2) is 0 Å². The number of amides is 2. The number of hydrogen-bond donors (Lipinski definition) is 2. The average molecular weight is 369 g/mol. The first-order valence-corrected chi connectivity index (χ1v) is 8.21. The number of nitrogens with zero attached hydrogens (tertiary/aromatic N) is 1. The molecule has 0 saturated heterocycles. The van der Waals surface area contributed by atoms with E-state index in [1.807, 2.05) is 5.32 Å². The Balaban J connectivity index is 2.65. The van der Waals surface area contributed by atoms with Crippen molar-refractivity contribution in [1.82, 2.24) is 10.2 Å². The van der Waals surface area contributed by atoms with Crippen LogP contribution >= 0.6 is 0 Å². The van der Waals surface area contributed by atoms with Crippen LogP contribution < -0.4 is 5.32 Å². The molecule has 0 unspecified atom stereocenters. The summed E-state index contributed by atoms with van der Waals surface area (Å²) < 4.78 is 65.9. The molecule has 0 radical (unpaired) electrons. The van der Waals surface area contributed by atoms with Crippen molar-refractivity contribution in [3.8, 4) is 0 Å². The molecule has 3 atom stereocenters. The Morgan fingerprint density at radius 3 is 2.77 bits per heavy atom. The van der Waals surface area contributed by atoms with Gasteiger partial charge in [-0.2, -0.15) is 0 Å². The number of likely N-dealkylation sites (N-methyl/N-ethyl adjacent to an activating group) is 1. The van der Waals surface area contributed by atoms with E-state index in [9.17, 15) is 19.5 Å². The Labute approximate surface area is 165 Å². The van der Waals surface area contributed by atoms with Gasteiger partial charge in [-0.3, -0.25) is 14.4 Å². The van der Waals surface area contributed by atoms with Crippen molar-refractivity contribution in [3.63, 3.8) is 0 Å². The summed E-state index contributed by atoms with van der Waals surface area (Å²) in [7, 11) is 1.03. The first-order valence-electron chi connectivity index (χ1n) is 12.2. The van der Waals surface area contributed by atoms with Crippen molar-refractivity contribution in [2.45, 2.75) is 45.7 Å². The SMILES string of the molecule is [2H]c1c([2H])c([2H])c2c(c1[2H])CC([2H])([2H])N(C)C(=O)[C@@]2([2H])NC(=O)[C@]([2H])(C)CC(=O)[C@@H](O)C(C)C. The van der Waals surface area contributed by atoms with Gasteiger partial charge < -0.3 is 15.3 Å². The number of nitrogens with one attached hydrogen (secondary N) is 1. The van der Waals surface area contributed by atoms with Gasteiger partial charge in [0.25, 0.3) is 0 Å². The monoisotopic (exact) mass is 368 g/mol. The van der Waals surface area contributed by atoms with E-state index in [4.69, 9.17) is 11.0 Å². The molecule has 0 bridgehead atoms. The van der Waals surface area contributed by atoms with Crippen molar-refractivity contribution in [2.24, 2.45) is 11.8 Å². The summed E-state index contributed by atoms with van der Waals surface area (Å²) in [6.07, 6.45) is -2.86. The van der Waals surface area contributed by atoms with Gasteiger partial charge in [0.2, 0.25) is 11.8 Å². The normalized spacial score (nSPS) is 29.9. The Morgan fingerprint density at radius 1 is 1.46 bits per heavy atom. The predicted molar refractivity (Wildman–Crippen MR) is 98.3 cm³/mol. The standard InChI is InChI=1S/C20H28N2O4/c1-12(2)18(24)16(23)11-13(3)19(25)21-17-15-8-6-5-7-14(15)9-10-22(4)20(17)26/h5-8,12-13,17-18,24H,9-11H2,1-4H3,(H,21,25)/t13-,17+,18+/m1/s1/i5D,6D,7D,8D,10D2,13D,17D. The minimum Gasteiger partial charge on any atom is -0.385 e. The van der Waals surface area contributed by atoms with Gasteiger partial charge in [-0.15, -0.1) is 0 Å². The zero-order valence-corrected chi connectivity index (χ0v) is 15.2. The van der Waals surface area contributed by atoms with Gasteiger partial charge in [0, 0.05) is 30.0 Å². The maximum atomic E-state index is 13.3. The summed E-state index contributed by atoms with van der Waals surface area (Å²) in [5, 5.41) is 12.0. The maximum absolute atomic E-state index is 13.3. The number of aliphatic hydroxyl groups excluding tert-OH is 1. The smallest absolute Gasteiger partial charge is 0.249 e. The highest BCUT2D eigenvalue weighted by Gasteiger charge is 2.32. The van der Waals surface area contributed by atoms with Crippen LogP contribution in [0.25, 0.3) is 0 Å². The summed E-state index contributed by atoms with van der Waals surface area (Å²) in [6, 6.07) is -5.84. The highest BCUT2D eigenvalue weighted by atomic mass is 16.3. The molecule has 1 heterocycles. The lowest BCUT2D eigenvalue weighted by Gasteiger charge is -2.24. The van der Waals surface area contributed by atoms with Crippen LogP contribution in [0.4, 0.5) is 0 Å². The summed E-state index contributed by atoms with van der Waals surface area (Å²) in [6.45, 7) is 1.73. The van der Waals surface area contributed by atoms with E-state index in [-0.39, 0.29) is 5.56 Å². The lowest BCUT2D eigenvalue weighted by molar-refractivity contribution is -0.137. The number of carbonyl (C=O) groups is 3. The molecule has 1 aliphatic rings. The number of ketones is 1. The van der Waals surface area contributed by atoms with Crippen LogP contribution in [0.15, 0.2) is 24.2 Å². The average Bonchev–Trinajstić information content (AvgIpc) is 2.78. The van der Waals surface area contributed by atoms with Gasteiger partial charge in [0.15, 0.2) is 5.78 Å². The summed E-state index contributed by atoms with van der Waals surface area (Å²) >= 11 is 0. The van der Waals surface area contributed by atoms with Crippen molar-refractivity contribution in [2.75, 3.05) is 13.5 Å². The lowest BCUT2D eigenvalue weighted by Crippen LogP contribution is -2.43. The number of aliphatic hydroxyl groups is 1. The topological polar surface area (TPSA) is 86.7 Å². The Morgan fingerprint density at radius 2 is 2.12 bits per heavy atom. The summed E-state index contributed by atoms with van der Waals surface area (Å²) in [4.78, 5) is 39.1. The predicted octanol–water partition coefficient (Wildman–Crippen LogP) is 1.47. The minimum absolute atomic E-state index is 0.359. The molecule has 1 aromatic rings. The highest BCUT2D eigenvalue weighted by Crippen LogP contribution is 2.25. The fraction of sp³-hybridized carbons (Fsp3) is 0.550. The fourth-order valence-electron chi connectivity index (χ4n) is 2.38. The highest BCUT2D eigenvalue weighted by molar-refractivity contribution is 5.92. The molecule has 0 fully saturated rings. The number of Topliss-reactive ketones (excluding diaryl/α,β-unsaturated/α-hetero) is 1. The van der Waals surface area contributed by atoms with Crippen LogP contribution in [0.1, 0.15) is 55.3 Å². The molecule has 6 heteroatoms. The van der Waals surface area contributed by atoms with Crippen LogP contribution in [0, 0.1) is 11.8 Å². The van der Waals surface area contributed by atoms with E-state index in [1.165, 1.54) is 0 Å². The van der Waals surface area contributed by atoms with Crippen LogP contribution in [0.5, 0.6) is 0 Å². The van der Waals surface area contributed by atoms with Crippen LogP contribution in [-0.2, 0) is 20.8 Å². The van der Waals surface area contributed by atoms with E-state index in [1.54, 1.807) is 13.8 Å². The Hall–Kier alpha value is -2.21. The molecule has 2 amide bonds. The molecular weight excluding hydrogens is 332 g/mol. The lowest BCUT2D eigenvalue weighted by atomic mass is 9.94. The second-order valence-corrected chi connectivity index (χ2v) is 6.49. The molecule has 1 aromatic carbocycles. The Kier molecular flexibility index (Phi) is 3.73. The zero-order chi connectivity index (χ0) is 26.5. The quantitative estimate of drug-likeness (QED) is 0.796. The minimum atomic E-state index is -2.91. The molecule has 0 aromatic heterocycles. The zero-order valence-electron chi connectivity index (χ0n) is 23.2. The first-order chi connectivity index (χ1) is 15.3. The first kappa shape index (κ1) is 11.5. The van der Waals surface area contributed by atoms with Gasteiger partial charge in [-0.05, 0) is 23.5 Å². The van der Waals surface area contributed by atoms with E-state index in [0.717, 1.165) is 14.0 Å². The molecule has 0 spiro atoms. The molecular formula is C20H28N2O4. The second-order valence-electron chi connectivity index (χ2n) is 6.49.